The van der Waals surface area contributed by atoms with Crippen LogP contribution in [0.15, 0.2) is 23.1 Å². The fraction of sp³-hybridized carbons (Fsp3) is 0.500. The van der Waals surface area contributed by atoms with Gasteiger partial charge in [0.15, 0.2) is 0 Å². The molecular formula is C14H17NO2S. The van der Waals surface area contributed by atoms with Crippen LogP contribution in [-0.2, 0) is 11.2 Å². The standard InChI is InChI=1S/C14H17NO2S/c16-13(17)14(5-6-14)9-15-11-3-4-12-10(8-11)2-1-7-18-12/h3-4,8,15H,1-2,5-7,9H2,(H,16,17). The quantitative estimate of drug-likeness (QED) is 0.876. The molecule has 0 saturated heterocycles. The Balaban J connectivity index is 1.68. The molecule has 0 atom stereocenters. The van der Waals surface area contributed by atoms with Gasteiger partial charge in [-0.25, -0.2) is 0 Å². The lowest BCUT2D eigenvalue weighted by atomic mass is 10.1. The number of rotatable bonds is 4. The number of carbonyl (C=O) groups is 1. The zero-order chi connectivity index (χ0) is 12.6. The molecule has 0 radical (unpaired) electrons. The first-order valence-corrected chi connectivity index (χ1v) is 7.41. The molecule has 0 aromatic heterocycles. The van der Waals surface area contributed by atoms with E-state index in [1.165, 1.54) is 22.6 Å². The van der Waals surface area contributed by atoms with Gasteiger partial charge in [0.05, 0.1) is 5.41 Å². The minimum absolute atomic E-state index is 0.495. The Morgan fingerprint density at radius 3 is 3.00 bits per heavy atom. The van der Waals surface area contributed by atoms with Crippen molar-refractivity contribution in [1.29, 1.82) is 0 Å². The first-order valence-electron chi connectivity index (χ1n) is 6.43. The lowest BCUT2D eigenvalue weighted by Gasteiger charge is -2.18. The SMILES string of the molecule is O=C(O)C1(CNc2ccc3c(c2)CCCS3)CC1. The highest BCUT2D eigenvalue weighted by molar-refractivity contribution is 7.99. The number of carboxylic acids is 1. The number of nitrogens with one attached hydrogen (secondary N) is 1. The van der Waals surface area contributed by atoms with Crippen molar-refractivity contribution in [1.82, 2.24) is 0 Å². The number of fused-ring (bicyclic) bond motifs is 1. The van der Waals surface area contributed by atoms with Crippen LogP contribution in [0.3, 0.4) is 0 Å². The molecule has 1 aliphatic carbocycles. The zero-order valence-electron chi connectivity index (χ0n) is 10.2. The summed E-state index contributed by atoms with van der Waals surface area (Å²) < 4.78 is 0. The highest BCUT2D eigenvalue weighted by Gasteiger charge is 2.49. The van der Waals surface area contributed by atoms with E-state index >= 15 is 0 Å². The molecule has 1 heterocycles. The van der Waals surface area contributed by atoms with Gasteiger partial charge in [-0.15, -0.1) is 11.8 Å². The third-order valence-electron chi connectivity index (χ3n) is 3.85. The summed E-state index contributed by atoms with van der Waals surface area (Å²) in [6.45, 7) is 0.550. The van der Waals surface area contributed by atoms with Crippen molar-refractivity contribution in [2.45, 2.75) is 30.6 Å². The maximum atomic E-state index is 11.1. The molecule has 1 aromatic carbocycles. The van der Waals surface area contributed by atoms with Gasteiger partial charge in [0.2, 0.25) is 0 Å². The van der Waals surface area contributed by atoms with Gasteiger partial charge >= 0.3 is 5.97 Å². The van der Waals surface area contributed by atoms with Crippen LogP contribution in [0.25, 0.3) is 0 Å². The fourth-order valence-electron chi connectivity index (χ4n) is 2.36. The number of benzene rings is 1. The lowest BCUT2D eigenvalue weighted by molar-refractivity contribution is -0.142. The average molecular weight is 263 g/mol. The summed E-state index contributed by atoms with van der Waals surface area (Å²) in [5.41, 5.74) is 1.96. The van der Waals surface area contributed by atoms with Crippen LogP contribution < -0.4 is 5.32 Å². The van der Waals surface area contributed by atoms with Crippen LogP contribution in [-0.4, -0.2) is 23.4 Å². The molecule has 3 nitrogen and oxygen atoms in total. The number of hydrogen-bond donors (Lipinski definition) is 2. The Morgan fingerprint density at radius 1 is 1.44 bits per heavy atom. The second-order valence-electron chi connectivity index (χ2n) is 5.21. The van der Waals surface area contributed by atoms with E-state index in [0.29, 0.717) is 6.54 Å². The minimum Gasteiger partial charge on any atom is -0.481 e. The number of carboxylic acid groups (broad SMARTS) is 1. The molecule has 0 amide bonds. The van der Waals surface area contributed by atoms with E-state index in [0.717, 1.165) is 24.9 Å². The van der Waals surface area contributed by atoms with Crippen LogP contribution >= 0.6 is 11.8 Å². The van der Waals surface area contributed by atoms with Gasteiger partial charge in [0.25, 0.3) is 0 Å². The topological polar surface area (TPSA) is 49.3 Å². The maximum Gasteiger partial charge on any atom is 0.311 e. The number of aryl methyl sites for hydroxylation is 1. The summed E-state index contributed by atoms with van der Waals surface area (Å²) in [6.07, 6.45) is 3.98. The molecule has 1 aromatic rings. The van der Waals surface area contributed by atoms with E-state index in [1.54, 1.807) is 0 Å². The van der Waals surface area contributed by atoms with Crippen molar-refractivity contribution in [2.75, 3.05) is 17.6 Å². The Bertz CT molecular complexity index is 483. The Labute approximate surface area is 111 Å². The van der Waals surface area contributed by atoms with Gasteiger partial charge in [-0.1, -0.05) is 0 Å². The van der Waals surface area contributed by atoms with E-state index in [2.05, 4.69) is 23.5 Å². The van der Waals surface area contributed by atoms with Crippen molar-refractivity contribution in [2.24, 2.45) is 5.41 Å². The summed E-state index contributed by atoms with van der Waals surface area (Å²) in [4.78, 5) is 12.5. The van der Waals surface area contributed by atoms with E-state index in [1.807, 2.05) is 11.8 Å². The summed E-state index contributed by atoms with van der Waals surface area (Å²) in [5.74, 6) is 0.547. The largest absolute Gasteiger partial charge is 0.481 e. The molecule has 18 heavy (non-hydrogen) atoms. The second-order valence-corrected chi connectivity index (χ2v) is 6.35. The molecule has 2 aliphatic rings. The van der Waals surface area contributed by atoms with Crippen LogP contribution in [0.4, 0.5) is 5.69 Å². The Hall–Kier alpha value is -1.16. The predicted molar refractivity (Wildman–Crippen MR) is 73.3 cm³/mol. The van der Waals surface area contributed by atoms with Gasteiger partial charge < -0.3 is 10.4 Å². The first-order chi connectivity index (χ1) is 8.70. The molecule has 1 aliphatic heterocycles. The van der Waals surface area contributed by atoms with Crippen molar-refractivity contribution >= 4 is 23.4 Å². The summed E-state index contributed by atoms with van der Waals surface area (Å²) in [7, 11) is 0. The Morgan fingerprint density at radius 2 is 2.28 bits per heavy atom. The Kier molecular flexibility index (Phi) is 2.98. The minimum atomic E-state index is -0.663. The van der Waals surface area contributed by atoms with Gasteiger partial charge in [-0.05, 0) is 55.2 Å². The molecular weight excluding hydrogens is 246 g/mol. The number of thioether (sulfide) groups is 1. The second kappa shape index (κ2) is 4.50. The first kappa shape index (κ1) is 11.9. The molecule has 0 spiro atoms. The van der Waals surface area contributed by atoms with Crippen LogP contribution in [0, 0.1) is 5.41 Å². The van der Waals surface area contributed by atoms with Crippen LogP contribution in [0.1, 0.15) is 24.8 Å². The van der Waals surface area contributed by atoms with Crippen LogP contribution in [0.5, 0.6) is 0 Å². The molecule has 1 fully saturated rings. The van der Waals surface area contributed by atoms with Crippen molar-refractivity contribution in [3.8, 4) is 0 Å². The van der Waals surface area contributed by atoms with Crippen molar-refractivity contribution in [3.63, 3.8) is 0 Å². The average Bonchev–Trinajstić information content (AvgIpc) is 3.17. The van der Waals surface area contributed by atoms with E-state index in [4.69, 9.17) is 5.11 Å². The fourth-order valence-corrected chi connectivity index (χ4v) is 3.38. The normalized spacial score (nSPS) is 20.0. The van der Waals surface area contributed by atoms with Crippen molar-refractivity contribution < 1.29 is 9.90 Å². The molecule has 2 N–H and O–H groups in total. The van der Waals surface area contributed by atoms with E-state index < -0.39 is 11.4 Å². The number of aliphatic carboxylic acids is 1. The van der Waals surface area contributed by atoms with Gasteiger partial charge in [0.1, 0.15) is 0 Å². The third-order valence-corrected chi connectivity index (χ3v) is 5.05. The summed E-state index contributed by atoms with van der Waals surface area (Å²) >= 11 is 1.92. The summed E-state index contributed by atoms with van der Waals surface area (Å²) in [6, 6.07) is 6.40. The molecule has 4 heteroatoms. The molecule has 1 saturated carbocycles. The lowest BCUT2D eigenvalue weighted by Crippen LogP contribution is -2.24. The smallest absolute Gasteiger partial charge is 0.311 e. The van der Waals surface area contributed by atoms with E-state index in [9.17, 15) is 4.79 Å². The van der Waals surface area contributed by atoms with Crippen molar-refractivity contribution in [3.05, 3.63) is 23.8 Å². The number of hydrogen-bond acceptors (Lipinski definition) is 3. The van der Waals surface area contributed by atoms with Gasteiger partial charge in [-0.3, -0.25) is 4.79 Å². The molecule has 0 unspecified atom stereocenters. The third kappa shape index (κ3) is 2.21. The van der Waals surface area contributed by atoms with Gasteiger partial charge in [-0.2, -0.15) is 0 Å². The predicted octanol–water partition coefficient (Wildman–Crippen LogP) is 3.00. The molecule has 0 bridgehead atoms. The molecule has 96 valence electrons. The summed E-state index contributed by atoms with van der Waals surface area (Å²) in [5, 5.41) is 12.4. The zero-order valence-corrected chi connectivity index (χ0v) is 11.1. The highest BCUT2D eigenvalue weighted by Crippen LogP contribution is 2.46. The van der Waals surface area contributed by atoms with E-state index in [-0.39, 0.29) is 0 Å². The molecule has 3 rings (SSSR count). The highest BCUT2D eigenvalue weighted by atomic mass is 32.2. The monoisotopic (exact) mass is 263 g/mol. The van der Waals surface area contributed by atoms with Gasteiger partial charge in [0, 0.05) is 17.1 Å². The maximum absolute atomic E-state index is 11.1. The van der Waals surface area contributed by atoms with Crippen LogP contribution in [0.2, 0.25) is 0 Å². The number of anilines is 1.